The summed E-state index contributed by atoms with van der Waals surface area (Å²) in [5.41, 5.74) is 0. The van der Waals surface area contributed by atoms with Gasteiger partial charge >= 0.3 is 0 Å². The summed E-state index contributed by atoms with van der Waals surface area (Å²) >= 11 is 0. The van der Waals surface area contributed by atoms with Crippen molar-refractivity contribution in [2.24, 2.45) is 29.6 Å². The van der Waals surface area contributed by atoms with Crippen molar-refractivity contribution in [2.45, 2.75) is 136 Å². The van der Waals surface area contributed by atoms with Crippen molar-refractivity contribution in [1.82, 2.24) is 0 Å². The summed E-state index contributed by atoms with van der Waals surface area (Å²) < 4.78 is 6.26. The predicted octanol–water partition coefficient (Wildman–Crippen LogP) is 9.11. The van der Waals surface area contributed by atoms with Crippen LogP contribution in [0.3, 0.4) is 0 Å². The van der Waals surface area contributed by atoms with Crippen LogP contribution < -0.4 is 0 Å². The highest BCUT2D eigenvalue weighted by atomic mass is 16.5. The van der Waals surface area contributed by atoms with E-state index in [4.69, 9.17) is 4.74 Å². The molecule has 1 nitrogen and oxygen atoms in total. The first-order valence-corrected chi connectivity index (χ1v) is 14.1. The predicted molar refractivity (Wildman–Crippen MR) is 131 cm³/mol. The molecule has 0 unspecified atom stereocenters. The molecule has 3 rings (SSSR count). The normalized spacial score (nSPS) is 35.7. The van der Waals surface area contributed by atoms with Gasteiger partial charge in [0.15, 0.2) is 0 Å². The Balaban J connectivity index is 1.23. The minimum absolute atomic E-state index is 0.539. The standard InChI is InChI=1S/C29H52O/c1-3-5-6-9-25-11-13-26(14-12-25)10-7-23-30-29-21-19-28(20-22-29)27-17-15-24(8-4-2)16-18-27/h7,10,24-29H,3-6,8-9,11-23H2,1-2H3. The van der Waals surface area contributed by atoms with Crippen LogP contribution >= 0.6 is 0 Å². The SMILES string of the molecule is CCCCCC1CCC(C=CCOC2CCC(C3CCC(CCC)CC3)CC2)CC1. The van der Waals surface area contributed by atoms with Crippen LogP contribution in [-0.4, -0.2) is 12.7 Å². The number of rotatable bonds is 11. The van der Waals surface area contributed by atoms with Crippen LogP contribution in [0.2, 0.25) is 0 Å². The van der Waals surface area contributed by atoms with E-state index in [1.54, 1.807) is 0 Å². The van der Waals surface area contributed by atoms with E-state index in [-0.39, 0.29) is 0 Å². The van der Waals surface area contributed by atoms with Crippen LogP contribution in [0, 0.1) is 29.6 Å². The fourth-order valence-corrected chi connectivity index (χ4v) is 6.88. The molecule has 174 valence electrons. The van der Waals surface area contributed by atoms with Crippen LogP contribution in [0.15, 0.2) is 12.2 Å². The average Bonchev–Trinajstić information content (AvgIpc) is 2.79. The lowest BCUT2D eigenvalue weighted by Gasteiger charge is -2.37. The molecule has 0 radical (unpaired) electrons. The Bertz CT molecular complexity index is 445. The Morgan fingerprint density at radius 1 is 0.633 bits per heavy atom. The van der Waals surface area contributed by atoms with Gasteiger partial charge in [0.1, 0.15) is 0 Å². The largest absolute Gasteiger partial charge is 0.374 e. The topological polar surface area (TPSA) is 9.23 Å². The lowest BCUT2D eigenvalue weighted by molar-refractivity contribution is 0.0208. The molecule has 0 aromatic rings. The summed E-state index contributed by atoms with van der Waals surface area (Å²) in [6.45, 7) is 5.52. The summed E-state index contributed by atoms with van der Waals surface area (Å²) in [6, 6.07) is 0. The summed E-state index contributed by atoms with van der Waals surface area (Å²) in [4.78, 5) is 0. The molecular formula is C29H52O. The van der Waals surface area contributed by atoms with Crippen LogP contribution in [0.25, 0.3) is 0 Å². The Morgan fingerprint density at radius 3 is 1.87 bits per heavy atom. The zero-order chi connectivity index (χ0) is 21.0. The van der Waals surface area contributed by atoms with E-state index >= 15 is 0 Å². The van der Waals surface area contributed by atoms with E-state index in [0.29, 0.717) is 6.10 Å². The summed E-state index contributed by atoms with van der Waals surface area (Å²) in [7, 11) is 0. The number of unbranched alkanes of at least 4 members (excludes halogenated alkanes) is 2. The number of hydrogen-bond donors (Lipinski definition) is 0. The van der Waals surface area contributed by atoms with Gasteiger partial charge in [-0.25, -0.2) is 0 Å². The van der Waals surface area contributed by atoms with Gasteiger partial charge in [-0.1, -0.05) is 77.4 Å². The molecule has 0 aromatic carbocycles. The molecule has 3 aliphatic rings. The first-order chi connectivity index (χ1) is 14.8. The molecule has 3 aliphatic carbocycles. The maximum Gasteiger partial charge on any atom is 0.0651 e. The van der Waals surface area contributed by atoms with E-state index in [2.05, 4.69) is 26.0 Å². The minimum atomic E-state index is 0.539. The molecule has 1 heteroatoms. The Kier molecular flexibility index (Phi) is 11.3. The third-order valence-electron chi connectivity index (χ3n) is 8.92. The molecule has 0 spiro atoms. The maximum atomic E-state index is 6.26. The van der Waals surface area contributed by atoms with Gasteiger partial charge in [0.2, 0.25) is 0 Å². The minimum Gasteiger partial charge on any atom is -0.374 e. The van der Waals surface area contributed by atoms with E-state index in [9.17, 15) is 0 Å². The van der Waals surface area contributed by atoms with Crippen molar-refractivity contribution in [3.63, 3.8) is 0 Å². The smallest absolute Gasteiger partial charge is 0.0651 e. The van der Waals surface area contributed by atoms with Crippen molar-refractivity contribution in [3.05, 3.63) is 12.2 Å². The van der Waals surface area contributed by atoms with Crippen LogP contribution in [0.5, 0.6) is 0 Å². The zero-order valence-electron chi connectivity index (χ0n) is 20.5. The molecule has 0 amide bonds. The highest BCUT2D eigenvalue weighted by molar-refractivity contribution is 4.91. The van der Waals surface area contributed by atoms with E-state index in [1.807, 2.05) is 0 Å². The zero-order valence-corrected chi connectivity index (χ0v) is 20.5. The second-order valence-corrected chi connectivity index (χ2v) is 11.1. The van der Waals surface area contributed by atoms with Crippen LogP contribution in [0.4, 0.5) is 0 Å². The fourth-order valence-electron chi connectivity index (χ4n) is 6.88. The van der Waals surface area contributed by atoms with Crippen molar-refractivity contribution < 1.29 is 4.74 Å². The number of allylic oxidation sites excluding steroid dienone is 1. The monoisotopic (exact) mass is 416 g/mol. The van der Waals surface area contributed by atoms with Gasteiger partial charge in [-0.2, -0.15) is 0 Å². The van der Waals surface area contributed by atoms with Gasteiger partial charge in [0.05, 0.1) is 12.7 Å². The highest BCUT2D eigenvalue weighted by Crippen LogP contribution is 2.41. The molecule has 0 bridgehead atoms. The Labute approximate surface area is 188 Å². The van der Waals surface area contributed by atoms with Gasteiger partial charge in [0.25, 0.3) is 0 Å². The van der Waals surface area contributed by atoms with Crippen LogP contribution in [0.1, 0.15) is 129 Å². The molecule has 0 heterocycles. The molecule has 0 aromatic heterocycles. The van der Waals surface area contributed by atoms with Crippen molar-refractivity contribution in [3.8, 4) is 0 Å². The molecule has 3 saturated carbocycles. The summed E-state index contributed by atoms with van der Waals surface area (Å²) in [6.07, 6.45) is 31.3. The number of hydrogen-bond acceptors (Lipinski definition) is 1. The molecule has 0 atom stereocenters. The lowest BCUT2D eigenvalue weighted by atomic mass is 9.70. The fraction of sp³-hybridized carbons (Fsp3) is 0.931. The first-order valence-electron chi connectivity index (χ1n) is 14.1. The van der Waals surface area contributed by atoms with Crippen molar-refractivity contribution >= 4 is 0 Å². The Morgan fingerprint density at radius 2 is 1.23 bits per heavy atom. The summed E-state index contributed by atoms with van der Waals surface area (Å²) in [5.74, 6) is 4.95. The molecule has 0 saturated heterocycles. The second kappa shape index (κ2) is 14.0. The van der Waals surface area contributed by atoms with E-state index in [0.717, 1.165) is 36.2 Å². The van der Waals surface area contributed by atoms with Gasteiger partial charge in [-0.3, -0.25) is 0 Å². The van der Waals surface area contributed by atoms with E-state index < -0.39 is 0 Å². The first kappa shape index (κ1) is 24.3. The van der Waals surface area contributed by atoms with Gasteiger partial charge in [-0.05, 0) is 93.8 Å². The quantitative estimate of drug-likeness (QED) is 0.241. The van der Waals surface area contributed by atoms with Gasteiger partial charge in [-0.15, -0.1) is 0 Å². The summed E-state index contributed by atoms with van der Waals surface area (Å²) in [5, 5.41) is 0. The average molecular weight is 417 g/mol. The molecular weight excluding hydrogens is 364 g/mol. The van der Waals surface area contributed by atoms with E-state index in [1.165, 1.54) is 116 Å². The third kappa shape index (κ3) is 8.33. The highest BCUT2D eigenvalue weighted by Gasteiger charge is 2.30. The molecule has 3 fully saturated rings. The van der Waals surface area contributed by atoms with Gasteiger partial charge in [0, 0.05) is 0 Å². The van der Waals surface area contributed by atoms with Crippen molar-refractivity contribution in [1.29, 1.82) is 0 Å². The van der Waals surface area contributed by atoms with Gasteiger partial charge < -0.3 is 4.74 Å². The second-order valence-electron chi connectivity index (χ2n) is 11.1. The third-order valence-corrected chi connectivity index (χ3v) is 8.92. The number of ether oxygens (including phenoxy) is 1. The van der Waals surface area contributed by atoms with Crippen molar-refractivity contribution in [2.75, 3.05) is 6.61 Å². The molecule has 0 aliphatic heterocycles. The Hall–Kier alpha value is -0.300. The van der Waals surface area contributed by atoms with Crippen LogP contribution in [-0.2, 0) is 4.74 Å². The maximum absolute atomic E-state index is 6.26. The lowest BCUT2D eigenvalue weighted by Crippen LogP contribution is -2.28. The molecule has 0 N–H and O–H groups in total. The molecule has 30 heavy (non-hydrogen) atoms.